The maximum absolute atomic E-state index is 9.00. The molecule has 94 valence electrons. The summed E-state index contributed by atoms with van der Waals surface area (Å²) in [6.45, 7) is 7.50. The molecule has 0 aromatic heterocycles. The van der Waals surface area contributed by atoms with Crippen molar-refractivity contribution in [3.8, 4) is 0 Å². The Morgan fingerprint density at radius 3 is 2.25 bits per heavy atom. The SMILES string of the molecule is CC(=O)O.CC(C)=CCCC1(C)OC1CO. The van der Waals surface area contributed by atoms with Crippen LogP contribution in [0.2, 0.25) is 0 Å². The summed E-state index contributed by atoms with van der Waals surface area (Å²) in [6.07, 6.45) is 4.36. The van der Waals surface area contributed by atoms with E-state index in [9.17, 15) is 0 Å². The van der Waals surface area contributed by atoms with Crippen LogP contribution in [-0.2, 0) is 9.53 Å². The zero-order valence-electron chi connectivity index (χ0n) is 10.5. The lowest BCUT2D eigenvalue weighted by Gasteiger charge is -2.02. The molecule has 1 aliphatic rings. The Hall–Kier alpha value is -0.870. The van der Waals surface area contributed by atoms with Gasteiger partial charge >= 0.3 is 0 Å². The van der Waals surface area contributed by atoms with Gasteiger partial charge < -0.3 is 14.9 Å². The first-order valence-electron chi connectivity index (χ1n) is 5.43. The zero-order chi connectivity index (χ0) is 12.8. The van der Waals surface area contributed by atoms with Gasteiger partial charge in [0.05, 0.1) is 12.2 Å². The molecule has 2 N–H and O–H groups in total. The molecule has 1 aliphatic heterocycles. The van der Waals surface area contributed by atoms with Gasteiger partial charge in [0.1, 0.15) is 6.10 Å². The number of aliphatic carboxylic acids is 1. The predicted octanol–water partition coefficient (Wildman–Crippen LogP) is 1.97. The van der Waals surface area contributed by atoms with Crippen LogP contribution in [0.1, 0.15) is 40.5 Å². The zero-order valence-corrected chi connectivity index (χ0v) is 10.5. The van der Waals surface area contributed by atoms with E-state index < -0.39 is 5.97 Å². The fourth-order valence-corrected chi connectivity index (χ4v) is 1.39. The summed E-state index contributed by atoms with van der Waals surface area (Å²) in [5, 5.41) is 16.2. The van der Waals surface area contributed by atoms with Crippen LogP contribution in [0.3, 0.4) is 0 Å². The molecule has 16 heavy (non-hydrogen) atoms. The van der Waals surface area contributed by atoms with Gasteiger partial charge in [-0.25, -0.2) is 0 Å². The molecule has 1 heterocycles. The Morgan fingerprint density at radius 2 is 1.94 bits per heavy atom. The number of carboxylic acid groups (broad SMARTS) is 1. The van der Waals surface area contributed by atoms with Crippen LogP contribution >= 0.6 is 0 Å². The second-order valence-corrected chi connectivity index (χ2v) is 4.44. The molecular formula is C12H22O4. The summed E-state index contributed by atoms with van der Waals surface area (Å²) in [7, 11) is 0. The summed E-state index contributed by atoms with van der Waals surface area (Å²) in [6, 6.07) is 0. The van der Waals surface area contributed by atoms with E-state index in [1.165, 1.54) is 5.57 Å². The van der Waals surface area contributed by atoms with E-state index >= 15 is 0 Å². The van der Waals surface area contributed by atoms with Gasteiger partial charge in [0, 0.05) is 6.92 Å². The van der Waals surface area contributed by atoms with E-state index in [0.29, 0.717) is 0 Å². The Morgan fingerprint density at radius 1 is 1.44 bits per heavy atom. The van der Waals surface area contributed by atoms with Crippen molar-refractivity contribution < 1.29 is 19.7 Å². The van der Waals surface area contributed by atoms with E-state index in [1.807, 2.05) is 0 Å². The number of carboxylic acids is 1. The molecule has 2 atom stereocenters. The number of aliphatic hydroxyl groups excluding tert-OH is 1. The molecule has 0 aromatic carbocycles. The van der Waals surface area contributed by atoms with Crippen LogP contribution in [0.25, 0.3) is 0 Å². The predicted molar refractivity (Wildman–Crippen MR) is 62.3 cm³/mol. The number of ether oxygens (including phenoxy) is 1. The van der Waals surface area contributed by atoms with E-state index in [0.717, 1.165) is 19.8 Å². The Labute approximate surface area is 96.9 Å². The van der Waals surface area contributed by atoms with Gasteiger partial charge in [0.25, 0.3) is 5.97 Å². The van der Waals surface area contributed by atoms with Crippen LogP contribution < -0.4 is 0 Å². The lowest BCUT2D eigenvalue weighted by Crippen LogP contribution is -2.11. The maximum atomic E-state index is 9.00. The Balaban J connectivity index is 0.000000487. The van der Waals surface area contributed by atoms with Crippen LogP contribution in [0.15, 0.2) is 11.6 Å². The number of allylic oxidation sites excluding steroid dienone is 2. The topological polar surface area (TPSA) is 70.1 Å². The second kappa shape index (κ2) is 6.66. The highest BCUT2D eigenvalue weighted by molar-refractivity contribution is 5.62. The molecule has 1 fully saturated rings. The fourth-order valence-electron chi connectivity index (χ4n) is 1.39. The average Bonchev–Trinajstić information content (AvgIpc) is 2.75. The van der Waals surface area contributed by atoms with Gasteiger partial charge in [-0.1, -0.05) is 11.6 Å². The average molecular weight is 230 g/mol. The van der Waals surface area contributed by atoms with Gasteiger partial charge in [0.15, 0.2) is 0 Å². The van der Waals surface area contributed by atoms with Gasteiger partial charge in [-0.15, -0.1) is 0 Å². The van der Waals surface area contributed by atoms with Crippen molar-refractivity contribution in [1.29, 1.82) is 0 Å². The normalized spacial score (nSPS) is 26.4. The molecule has 0 aliphatic carbocycles. The van der Waals surface area contributed by atoms with Gasteiger partial charge in [-0.05, 0) is 33.6 Å². The first-order chi connectivity index (χ1) is 7.31. The van der Waals surface area contributed by atoms with E-state index in [-0.39, 0.29) is 18.3 Å². The van der Waals surface area contributed by atoms with Crippen molar-refractivity contribution in [2.75, 3.05) is 6.61 Å². The second-order valence-electron chi connectivity index (χ2n) is 4.44. The molecule has 4 heteroatoms. The number of carbonyl (C=O) groups is 1. The van der Waals surface area contributed by atoms with Gasteiger partial charge in [-0.3, -0.25) is 4.79 Å². The molecule has 0 saturated carbocycles. The van der Waals surface area contributed by atoms with Crippen molar-refractivity contribution in [3.05, 3.63) is 11.6 Å². The summed E-state index contributed by atoms with van der Waals surface area (Å²) in [5.41, 5.74) is 1.31. The van der Waals surface area contributed by atoms with Gasteiger partial charge in [0.2, 0.25) is 0 Å². The Bertz CT molecular complexity index is 252. The van der Waals surface area contributed by atoms with Gasteiger partial charge in [-0.2, -0.15) is 0 Å². The maximum Gasteiger partial charge on any atom is 0.300 e. The highest BCUT2D eigenvalue weighted by Gasteiger charge is 2.50. The van der Waals surface area contributed by atoms with Crippen LogP contribution in [0.5, 0.6) is 0 Å². The standard InChI is InChI=1S/C10H18O2.C2H4O2/c1-8(2)5-4-6-10(3)9(7-11)12-10;1-2(3)4/h5,9,11H,4,6-7H2,1-3H3;1H3,(H,3,4). The van der Waals surface area contributed by atoms with Crippen molar-refractivity contribution in [2.45, 2.75) is 52.2 Å². The quantitative estimate of drug-likeness (QED) is 0.572. The molecule has 0 aromatic rings. The third kappa shape index (κ3) is 6.58. The van der Waals surface area contributed by atoms with Crippen molar-refractivity contribution in [1.82, 2.24) is 0 Å². The summed E-state index contributed by atoms with van der Waals surface area (Å²) in [5.74, 6) is -0.833. The summed E-state index contributed by atoms with van der Waals surface area (Å²) in [4.78, 5) is 9.00. The minimum Gasteiger partial charge on any atom is -0.481 e. The van der Waals surface area contributed by atoms with Crippen LogP contribution in [-0.4, -0.2) is 34.5 Å². The number of hydrogen-bond acceptors (Lipinski definition) is 3. The summed E-state index contributed by atoms with van der Waals surface area (Å²) < 4.78 is 5.36. The molecule has 1 saturated heterocycles. The van der Waals surface area contributed by atoms with Crippen molar-refractivity contribution in [3.63, 3.8) is 0 Å². The molecule has 2 unspecified atom stereocenters. The third-order valence-electron chi connectivity index (χ3n) is 2.39. The minimum absolute atomic E-state index is 0.0410. The largest absolute Gasteiger partial charge is 0.481 e. The minimum atomic E-state index is -0.833. The first kappa shape index (κ1) is 15.1. The van der Waals surface area contributed by atoms with Crippen molar-refractivity contribution in [2.24, 2.45) is 0 Å². The smallest absolute Gasteiger partial charge is 0.300 e. The van der Waals surface area contributed by atoms with E-state index in [1.54, 1.807) is 0 Å². The number of aliphatic hydroxyl groups is 1. The highest BCUT2D eigenvalue weighted by Crippen LogP contribution is 2.39. The van der Waals surface area contributed by atoms with Crippen LogP contribution in [0, 0.1) is 0 Å². The first-order valence-corrected chi connectivity index (χ1v) is 5.43. The molecule has 0 spiro atoms. The van der Waals surface area contributed by atoms with E-state index in [4.69, 9.17) is 19.7 Å². The Kier molecular flexibility index (Phi) is 6.29. The molecule has 0 amide bonds. The monoisotopic (exact) mass is 230 g/mol. The molecular weight excluding hydrogens is 208 g/mol. The lowest BCUT2D eigenvalue weighted by molar-refractivity contribution is -0.134. The lowest BCUT2D eigenvalue weighted by atomic mass is 10.0. The molecule has 0 radical (unpaired) electrons. The molecule has 0 bridgehead atoms. The number of hydrogen-bond donors (Lipinski definition) is 2. The number of epoxide rings is 1. The molecule has 4 nitrogen and oxygen atoms in total. The summed E-state index contributed by atoms with van der Waals surface area (Å²) >= 11 is 0. The van der Waals surface area contributed by atoms with E-state index in [2.05, 4.69) is 26.8 Å². The third-order valence-corrected chi connectivity index (χ3v) is 2.39. The van der Waals surface area contributed by atoms with Crippen molar-refractivity contribution >= 4 is 5.97 Å². The highest BCUT2D eigenvalue weighted by atomic mass is 16.6. The van der Waals surface area contributed by atoms with Crippen LogP contribution in [0.4, 0.5) is 0 Å². The number of rotatable bonds is 4. The molecule has 1 rings (SSSR count). The fraction of sp³-hybridized carbons (Fsp3) is 0.750.